The van der Waals surface area contributed by atoms with E-state index in [1.165, 1.54) is 0 Å². The minimum atomic E-state index is -1.27. The molecule has 1 unspecified atom stereocenters. The van der Waals surface area contributed by atoms with Gasteiger partial charge in [0.1, 0.15) is 0 Å². The van der Waals surface area contributed by atoms with E-state index in [1.807, 2.05) is 0 Å². The number of urea groups is 1. The lowest BCUT2D eigenvalue weighted by molar-refractivity contribution is -0.144. The number of hydrogen-bond donors (Lipinski definition) is 2. The quantitative estimate of drug-likeness (QED) is 0.707. The molecule has 18 heavy (non-hydrogen) atoms. The summed E-state index contributed by atoms with van der Waals surface area (Å²) in [7, 11) is 0. The zero-order valence-corrected chi connectivity index (χ0v) is 10.2. The molecule has 0 radical (unpaired) electrons. The highest BCUT2D eigenvalue weighted by Crippen LogP contribution is 2.19. The van der Waals surface area contributed by atoms with Crippen molar-refractivity contribution in [1.82, 2.24) is 10.2 Å². The van der Waals surface area contributed by atoms with E-state index in [2.05, 4.69) is 5.32 Å². The molecule has 0 aromatic heterocycles. The van der Waals surface area contributed by atoms with E-state index in [1.54, 1.807) is 4.90 Å². The number of rotatable bonds is 2. The number of nitrogens with one attached hydrogen (secondary N) is 1. The molecule has 0 aliphatic carbocycles. The molecule has 0 aromatic carbocycles. The Bertz CT molecular complexity index is 319. The molecule has 2 saturated heterocycles. The van der Waals surface area contributed by atoms with E-state index in [0.29, 0.717) is 39.3 Å². The third-order valence-electron chi connectivity index (χ3n) is 3.29. The number of amides is 2. The summed E-state index contributed by atoms with van der Waals surface area (Å²) in [5, 5.41) is 11.8. The summed E-state index contributed by atoms with van der Waals surface area (Å²) in [6, 6.07) is -0.353. The number of carbonyl (C=O) groups is 2. The van der Waals surface area contributed by atoms with Crippen LogP contribution in [0.1, 0.15) is 12.8 Å². The number of carbonyl (C=O) groups excluding carboxylic acids is 1. The van der Waals surface area contributed by atoms with Gasteiger partial charge in [0.25, 0.3) is 0 Å². The average Bonchev–Trinajstić information content (AvgIpc) is 2.65. The van der Waals surface area contributed by atoms with Gasteiger partial charge in [-0.05, 0) is 6.42 Å². The van der Waals surface area contributed by atoms with Crippen LogP contribution in [0, 0.1) is 0 Å². The van der Waals surface area contributed by atoms with Crippen LogP contribution in [0.5, 0.6) is 0 Å². The van der Waals surface area contributed by atoms with Crippen LogP contribution in [-0.2, 0) is 14.3 Å². The van der Waals surface area contributed by atoms with Crippen LogP contribution < -0.4 is 5.32 Å². The second-order valence-corrected chi connectivity index (χ2v) is 4.57. The van der Waals surface area contributed by atoms with E-state index >= 15 is 0 Å². The molecule has 7 nitrogen and oxygen atoms in total. The van der Waals surface area contributed by atoms with Gasteiger partial charge in [-0.25, -0.2) is 9.59 Å². The first-order valence-electron chi connectivity index (χ1n) is 6.10. The highest BCUT2D eigenvalue weighted by molar-refractivity contribution is 5.86. The van der Waals surface area contributed by atoms with Crippen LogP contribution in [0.15, 0.2) is 0 Å². The Labute approximate surface area is 105 Å². The number of carboxylic acid groups (broad SMARTS) is 1. The summed E-state index contributed by atoms with van der Waals surface area (Å²) >= 11 is 0. The maximum absolute atomic E-state index is 12.1. The first-order valence-corrected chi connectivity index (χ1v) is 6.10. The molecular weight excluding hydrogens is 240 g/mol. The summed E-state index contributed by atoms with van der Waals surface area (Å²) < 4.78 is 10.4. The summed E-state index contributed by atoms with van der Waals surface area (Å²) in [5.74, 6) is -1.04. The van der Waals surface area contributed by atoms with Crippen molar-refractivity contribution in [3.05, 3.63) is 0 Å². The van der Waals surface area contributed by atoms with E-state index in [-0.39, 0.29) is 12.6 Å². The number of carboxylic acids is 1. The molecular formula is C11H18N2O5. The van der Waals surface area contributed by atoms with Gasteiger partial charge in [-0.2, -0.15) is 0 Å². The molecule has 0 saturated carbocycles. The minimum absolute atomic E-state index is 0.0262. The fourth-order valence-electron chi connectivity index (χ4n) is 2.12. The lowest BCUT2D eigenvalue weighted by atomic mass is 9.99. The monoisotopic (exact) mass is 258 g/mol. The molecule has 0 bridgehead atoms. The molecule has 2 rings (SSSR count). The van der Waals surface area contributed by atoms with E-state index in [0.717, 1.165) is 6.42 Å². The molecule has 2 N–H and O–H groups in total. The van der Waals surface area contributed by atoms with Gasteiger partial charge in [0.2, 0.25) is 0 Å². The van der Waals surface area contributed by atoms with Gasteiger partial charge in [0, 0.05) is 32.7 Å². The Morgan fingerprint density at radius 1 is 1.17 bits per heavy atom. The average molecular weight is 258 g/mol. The van der Waals surface area contributed by atoms with Crippen LogP contribution in [0.4, 0.5) is 4.79 Å². The number of hydrogen-bond acceptors (Lipinski definition) is 4. The van der Waals surface area contributed by atoms with Gasteiger partial charge >= 0.3 is 12.0 Å². The number of nitrogens with zero attached hydrogens (tertiary/aromatic N) is 1. The maximum atomic E-state index is 12.1. The predicted molar refractivity (Wildman–Crippen MR) is 61.3 cm³/mol. The summed E-state index contributed by atoms with van der Waals surface area (Å²) in [4.78, 5) is 24.9. The normalized spacial score (nSPS) is 28.8. The summed E-state index contributed by atoms with van der Waals surface area (Å²) in [5.41, 5.74) is -1.27. The van der Waals surface area contributed by atoms with E-state index in [4.69, 9.17) is 9.47 Å². The fourth-order valence-corrected chi connectivity index (χ4v) is 2.12. The van der Waals surface area contributed by atoms with Crippen molar-refractivity contribution in [2.45, 2.75) is 18.4 Å². The highest BCUT2D eigenvalue weighted by atomic mass is 16.5. The van der Waals surface area contributed by atoms with Gasteiger partial charge in [0.15, 0.2) is 5.54 Å². The Morgan fingerprint density at radius 3 is 2.67 bits per heavy atom. The van der Waals surface area contributed by atoms with Crippen LogP contribution in [0.3, 0.4) is 0 Å². The van der Waals surface area contributed by atoms with Gasteiger partial charge in [0.05, 0.1) is 13.2 Å². The molecule has 7 heteroatoms. The second-order valence-electron chi connectivity index (χ2n) is 4.57. The Kier molecular flexibility index (Phi) is 4.03. The number of aliphatic carboxylic acids is 1. The second kappa shape index (κ2) is 5.53. The zero-order chi connectivity index (χ0) is 13.0. The molecule has 102 valence electrons. The SMILES string of the molecule is O=C(NC1(C(=O)O)CCOC1)N1CCCOCC1. The first kappa shape index (κ1) is 13.1. The Morgan fingerprint density at radius 2 is 2.00 bits per heavy atom. The lowest BCUT2D eigenvalue weighted by Crippen LogP contribution is -2.58. The van der Waals surface area contributed by atoms with Crippen LogP contribution in [-0.4, -0.2) is 67.1 Å². The Hall–Kier alpha value is -1.34. The highest BCUT2D eigenvalue weighted by Gasteiger charge is 2.44. The topological polar surface area (TPSA) is 88.1 Å². The van der Waals surface area contributed by atoms with Crippen molar-refractivity contribution in [3.8, 4) is 0 Å². The van der Waals surface area contributed by atoms with Gasteiger partial charge in [-0.1, -0.05) is 0 Å². The number of ether oxygens (including phenoxy) is 2. The molecule has 2 aliphatic rings. The van der Waals surface area contributed by atoms with Crippen molar-refractivity contribution in [2.24, 2.45) is 0 Å². The molecule has 0 spiro atoms. The first-order chi connectivity index (χ1) is 8.64. The van der Waals surface area contributed by atoms with Gasteiger partial charge in [-0.3, -0.25) is 0 Å². The molecule has 2 heterocycles. The lowest BCUT2D eigenvalue weighted by Gasteiger charge is -2.28. The van der Waals surface area contributed by atoms with Crippen molar-refractivity contribution in [3.63, 3.8) is 0 Å². The molecule has 2 fully saturated rings. The van der Waals surface area contributed by atoms with Crippen molar-refractivity contribution in [1.29, 1.82) is 0 Å². The zero-order valence-electron chi connectivity index (χ0n) is 10.2. The third kappa shape index (κ3) is 2.73. The minimum Gasteiger partial charge on any atom is -0.479 e. The van der Waals surface area contributed by atoms with Gasteiger partial charge < -0.3 is 24.8 Å². The summed E-state index contributed by atoms with van der Waals surface area (Å²) in [6.07, 6.45) is 1.07. The standard InChI is InChI=1S/C11H18N2O5/c14-9(15)11(2-6-18-8-11)12-10(16)13-3-1-5-17-7-4-13/h1-8H2,(H,12,16)(H,14,15). The largest absolute Gasteiger partial charge is 0.479 e. The van der Waals surface area contributed by atoms with Crippen LogP contribution in [0.2, 0.25) is 0 Å². The Balaban J connectivity index is 1.98. The van der Waals surface area contributed by atoms with E-state index < -0.39 is 11.5 Å². The molecule has 2 aliphatic heterocycles. The predicted octanol–water partition coefficient (Wildman–Crippen LogP) is -0.338. The van der Waals surface area contributed by atoms with Crippen molar-refractivity contribution >= 4 is 12.0 Å². The van der Waals surface area contributed by atoms with Crippen LogP contribution in [0.25, 0.3) is 0 Å². The van der Waals surface area contributed by atoms with E-state index in [9.17, 15) is 14.7 Å². The van der Waals surface area contributed by atoms with Crippen molar-refractivity contribution < 1.29 is 24.2 Å². The molecule has 2 amide bonds. The maximum Gasteiger partial charge on any atom is 0.332 e. The smallest absolute Gasteiger partial charge is 0.332 e. The molecule has 0 aromatic rings. The fraction of sp³-hybridized carbons (Fsp3) is 0.818. The van der Waals surface area contributed by atoms with Crippen molar-refractivity contribution in [2.75, 3.05) is 39.5 Å². The third-order valence-corrected chi connectivity index (χ3v) is 3.29. The van der Waals surface area contributed by atoms with Gasteiger partial charge in [-0.15, -0.1) is 0 Å². The molecule has 1 atom stereocenters. The van der Waals surface area contributed by atoms with Crippen LogP contribution >= 0.6 is 0 Å². The summed E-state index contributed by atoms with van der Waals surface area (Å²) in [6.45, 7) is 2.58.